The summed E-state index contributed by atoms with van der Waals surface area (Å²) in [6, 6.07) is 6.35. The van der Waals surface area contributed by atoms with Gasteiger partial charge in [0.15, 0.2) is 6.61 Å². The van der Waals surface area contributed by atoms with Gasteiger partial charge >= 0.3 is 5.97 Å². The third-order valence-corrected chi connectivity index (χ3v) is 2.63. The van der Waals surface area contributed by atoms with Gasteiger partial charge in [-0.2, -0.15) is 0 Å². The molecule has 0 bridgehead atoms. The monoisotopic (exact) mass is 260 g/mol. The molecule has 7 heteroatoms. The molecular weight excluding hydrogens is 252 g/mol. The number of rotatable bonds is 2. The third-order valence-electron chi connectivity index (χ3n) is 2.63. The van der Waals surface area contributed by atoms with E-state index in [0.29, 0.717) is 22.7 Å². The Hall–Kier alpha value is -2.83. The minimum Gasteiger partial charge on any atom is -0.482 e. The summed E-state index contributed by atoms with van der Waals surface area (Å²) < 4.78 is 9.90. The van der Waals surface area contributed by atoms with E-state index >= 15 is 0 Å². The molecule has 0 saturated carbocycles. The van der Waals surface area contributed by atoms with E-state index in [1.54, 1.807) is 18.2 Å². The Bertz CT molecular complexity index is 677. The topological polar surface area (TPSA) is 102 Å². The van der Waals surface area contributed by atoms with Gasteiger partial charge in [0.05, 0.1) is 5.69 Å². The number of carbonyl (C=O) groups is 2. The van der Waals surface area contributed by atoms with Crippen molar-refractivity contribution in [3.8, 4) is 17.0 Å². The minimum absolute atomic E-state index is 0.0144. The molecule has 7 nitrogen and oxygen atoms in total. The molecule has 0 unspecified atom stereocenters. The number of carboxylic acids is 1. The van der Waals surface area contributed by atoms with Crippen molar-refractivity contribution in [1.82, 2.24) is 5.16 Å². The number of aromatic nitrogens is 1. The number of amides is 1. The summed E-state index contributed by atoms with van der Waals surface area (Å²) in [6.07, 6.45) is 0. The maximum atomic E-state index is 11.2. The second-order valence-electron chi connectivity index (χ2n) is 3.93. The van der Waals surface area contributed by atoms with E-state index in [2.05, 4.69) is 15.0 Å². The zero-order valence-corrected chi connectivity index (χ0v) is 9.54. The number of ether oxygens (including phenoxy) is 1. The quantitative estimate of drug-likeness (QED) is 0.845. The molecule has 19 heavy (non-hydrogen) atoms. The molecule has 1 amide bonds. The summed E-state index contributed by atoms with van der Waals surface area (Å²) in [4.78, 5) is 21.9. The number of anilines is 1. The van der Waals surface area contributed by atoms with E-state index in [0.717, 1.165) is 0 Å². The van der Waals surface area contributed by atoms with Crippen LogP contribution in [0.4, 0.5) is 5.69 Å². The number of carbonyl (C=O) groups excluding carboxylic acids is 1. The molecule has 96 valence electrons. The maximum Gasteiger partial charge on any atom is 0.374 e. The predicted octanol–water partition coefficient (Wildman–Crippen LogP) is 1.37. The number of nitrogens with zero attached hydrogens (tertiary/aromatic N) is 1. The molecule has 0 atom stereocenters. The van der Waals surface area contributed by atoms with Crippen LogP contribution in [-0.4, -0.2) is 28.7 Å². The fraction of sp³-hybridized carbons (Fsp3) is 0.0833. The summed E-state index contributed by atoms with van der Waals surface area (Å²) in [7, 11) is 0. The molecule has 0 fully saturated rings. The summed E-state index contributed by atoms with van der Waals surface area (Å²) in [5.74, 6) is -1.11. The van der Waals surface area contributed by atoms with Crippen LogP contribution in [0.2, 0.25) is 0 Å². The van der Waals surface area contributed by atoms with Crippen LogP contribution >= 0.6 is 0 Å². The van der Waals surface area contributed by atoms with E-state index in [1.165, 1.54) is 6.07 Å². The minimum atomic E-state index is -1.19. The molecule has 0 saturated heterocycles. The first-order valence-electron chi connectivity index (χ1n) is 5.40. The molecule has 2 aromatic rings. The first-order valence-corrected chi connectivity index (χ1v) is 5.40. The van der Waals surface area contributed by atoms with Crippen LogP contribution in [0.25, 0.3) is 11.3 Å². The van der Waals surface area contributed by atoms with Gasteiger partial charge in [-0.1, -0.05) is 5.16 Å². The van der Waals surface area contributed by atoms with Crippen molar-refractivity contribution in [2.45, 2.75) is 0 Å². The van der Waals surface area contributed by atoms with E-state index in [1.807, 2.05) is 0 Å². The van der Waals surface area contributed by atoms with Crippen molar-refractivity contribution in [2.24, 2.45) is 0 Å². The average molecular weight is 260 g/mol. The first kappa shape index (κ1) is 11.3. The van der Waals surface area contributed by atoms with Crippen molar-refractivity contribution in [1.29, 1.82) is 0 Å². The summed E-state index contributed by atoms with van der Waals surface area (Å²) in [5.41, 5.74) is 1.52. The van der Waals surface area contributed by atoms with E-state index in [4.69, 9.17) is 9.84 Å². The average Bonchev–Trinajstić information content (AvgIpc) is 2.87. The number of benzene rings is 1. The molecule has 1 aliphatic heterocycles. The lowest BCUT2D eigenvalue weighted by molar-refractivity contribution is -0.118. The zero-order valence-electron chi connectivity index (χ0n) is 9.54. The number of fused-ring (bicyclic) bond motifs is 1. The van der Waals surface area contributed by atoms with Gasteiger partial charge in [0, 0.05) is 11.6 Å². The normalized spacial score (nSPS) is 13.4. The smallest absolute Gasteiger partial charge is 0.374 e. The third kappa shape index (κ3) is 2.01. The Balaban J connectivity index is 1.99. The van der Waals surface area contributed by atoms with Crippen molar-refractivity contribution < 1.29 is 24.0 Å². The van der Waals surface area contributed by atoms with Crippen LogP contribution in [0.15, 0.2) is 28.8 Å². The van der Waals surface area contributed by atoms with Crippen LogP contribution in [0.1, 0.15) is 10.6 Å². The second kappa shape index (κ2) is 4.13. The molecule has 1 aliphatic rings. The highest BCUT2D eigenvalue weighted by Crippen LogP contribution is 2.32. The van der Waals surface area contributed by atoms with Gasteiger partial charge in [-0.3, -0.25) is 4.79 Å². The zero-order chi connectivity index (χ0) is 13.4. The van der Waals surface area contributed by atoms with Gasteiger partial charge in [0.25, 0.3) is 5.91 Å². The van der Waals surface area contributed by atoms with Crippen LogP contribution in [-0.2, 0) is 4.79 Å². The molecular formula is C12H8N2O5. The van der Waals surface area contributed by atoms with Gasteiger partial charge in [0.1, 0.15) is 11.4 Å². The fourth-order valence-corrected chi connectivity index (χ4v) is 1.75. The molecule has 0 spiro atoms. The van der Waals surface area contributed by atoms with Gasteiger partial charge < -0.3 is 19.7 Å². The van der Waals surface area contributed by atoms with Crippen molar-refractivity contribution in [2.75, 3.05) is 11.9 Å². The SMILES string of the molecule is O=C1COc2ccc(-c3cc(C(=O)O)on3)cc2N1. The molecule has 3 rings (SSSR count). The number of hydrogen-bond donors (Lipinski definition) is 2. The van der Waals surface area contributed by atoms with E-state index in [-0.39, 0.29) is 18.3 Å². The fourth-order valence-electron chi connectivity index (χ4n) is 1.75. The highest BCUT2D eigenvalue weighted by molar-refractivity contribution is 5.96. The summed E-state index contributed by atoms with van der Waals surface area (Å²) in [5, 5.41) is 15.1. The number of hydrogen-bond acceptors (Lipinski definition) is 5. The second-order valence-corrected chi connectivity index (χ2v) is 3.93. The Morgan fingerprint density at radius 2 is 2.21 bits per heavy atom. The number of nitrogens with one attached hydrogen (secondary N) is 1. The Labute approximate surface area is 106 Å². The standard InChI is InChI=1S/C12H8N2O5/c15-11-5-18-9-2-1-6(3-8(9)13-11)7-4-10(12(16)17)19-14-7/h1-4H,5H2,(H,13,15)(H,16,17). The Morgan fingerprint density at radius 1 is 1.37 bits per heavy atom. The van der Waals surface area contributed by atoms with Crippen molar-refractivity contribution in [3.05, 3.63) is 30.0 Å². The summed E-state index contributed by atoms with van der Waals surface area (Å²) in [6.45, 7) is -0.0144. The van der Waals surface area contributed by atoms with Crippen molar-refractivity contribution >= 4 is 17.6 Å². The lowest BCUT2D eigenvalue weighted by Crippen LogP contribution is -2.25. The van der Waals surface area contributed by atoms with Crippen molar-refractivity contribution in [3.63, 3.8) is 0 Å². The number of carboxylic acid groups (broad SMARTS) is 1. The predicted molar refractivity (Wildman–Crippen MR) is 63.0 cm³/mol. The molecule has 2 N–H and O–H groups in total. The molecule has 0 aliphatic carbocycles. The molecule has 1 aromatic carbocycles. The highest BCUT2D eigenvalue weighted by atomic mass is 16.5. The van der Waals surface area contributed by atoms with E-state index in [9.17, 15) is 9.59 Å². The van der Waals surface area contributed by atoms with Crippen LogP contribution < -0.4 is 10.1 Å². The van der Waals surface area contributed by atoms with Gasteiger partial charge in [0.2, 0.25) is 5.76 Å². The first-order chi connectivity index (χ1) is 9.13. The largest absolute Gasteiger partial charge is 0.482 e. The molecule has 0 radical (unpaired) electrons. The lowest BCUT2D eigenvalue weighted by atomic mass is 10.1. The van der Waals surface area contributed by atoms with E-state index < -0.39 is 5.97 Å². The lowest BCUT2D eigenvalue weighted by Gasteiger charge is -2.17. The van der Waals surface area contributed by atoms with Gasteiger partial charge in [-0.05, 0) is 18.2 Å². The molecule has 2 heterocycles. The van der Waals surface area contributed by atoms with Gasteiger partial charge in [-0.25, -0.2) is 4.79 Å². The maximum absolute atomic E-state index is 11.2. The van der Waals surface area contributed by atoms with Crippen LogP contribution in [0.3, 0.4) is 0 Å². The molecule has 1 aromatic heterocycles. The Kier molecular flexibility index (Phi) is 2.45. The van der Waals surface area contributed by atoms with Crippen LogP contribution in [0, 0.1) is 0 Å². The Morgan fingerprint density at radius 3 is 2.95 bits per heavy atom. The van der Waals surface area contributed by atoms with Gasteiger partial charge in [-0.15, -0.1) is 0 Å². The highest BCUT2D eigenvalue weighted by Gasteiger charge is 2.18. The number of aromatic carboxylic acids is 1. The summed E-state index contributed by atoms with van der Waals surface area (Å²) >= 11 is 0. The van der Waals surface area contributed by atoms with Crippen LogP contribution in [0.5, 0.6) is 5.75 Å².